The first-order valence-electron chi connectivity index (χ1n) is 12.0. The number of halogens is 1. The molecule has 2 bridgehead atoms. The summed E-state index contributed by atoms with van der Waals surface area (Å²) in [4.78, 5) is 15.8. The van der Waals surface area contributed by atoms with E-state index in [1.165, 1.54) is 36.7 Å². The lowest BCUT2D eigenvalue weighted by Gasteiger charge is -2.26. The molecule has 35 heavy (non-hydrogen) atoms. The average molecular weight is 491 g/mol. The van der Waals surface area contributed by atoms with Gasteiger partial charge in [0.2, 0.25) is 0 Å². The molecule has 2 aromatic heterocycles. The van der Waals surface area contributed by atoms with Gasteiger partial charge in [0, 0.05) is 42.0 Å². The van der Waals surface area contributed by atoms with Crippen LogP contribution in [-0.2, 0) is 0 Å². The largest absolute Gasteiger partial charge is 0.493 e. The highest BCUT2D eigenvalue weighted by Gasteiger charge is 2.37. The summed E-state index contributed by atoms with van der Waals surface area (Å²) in [7, 11) is 1.61. The normalized spacial score (nSPS) is 19.5. The van der Waals surface area contributed by atoms with Gasteiger partial charge in [0.15, 0.2) is 11.5 Å². The van der Waals surface area contributed by atoms with Crippen LogP contribution in [0.1, 0.15) is 19.3 Å². The van der Waals surface area contributed by atoms with Crippen LogP contribution in [0.5, 0.6) is 11.5 Å². The third kappa shape index (κ3) is 4.19. The molecule has 0 radical (unpaired) electrons. The predicted octanol–water partition coefficient (Wildman–Crippen LogP) is 4.68. The highest BCUT2D eigenvalue weighted by atomic mass is 35.5. The zero-order chi connectivity index (χ0) is 23.9. The number of hydrogen-bond acceptors (Lipinski definition) is 5. The van der Waals surface area contributed by atoms with Crippen LogP contribution in [0.4, 0.5) is 0 Å². The van der Waals surface area contributed by atoms with Gasteiger partial charge in [-0.25, -0.2) is 4.52 Å². The number of aromatic nitrogens is 3. The van der Waals surface area contributed by atoms with Gasteiger partial charge >= 0.3 is 0 Å². The van der Waals surface area contributed by atoms with Crippen molar-refractivity contribution in [2.75, 3.05) is 26.8 Å². The molecule has 1 saturated heterocycles. The summed E-state index contributed by atoms with van der Waals surface area (Å²) in [5, 5.41) is 5.12. The summed E-state index contributed by atoms with van der Waals surface area (Å²) < 4.78 is 14.8. The standard InChI is InChI=1S/C27H27ClN4O3/c1-34-26-14-23(8-9-25(26)35-11-10-30-15-18-2-7-22(30)12-18)31-17-29-32-16-20(13-24(32)27(31)33)19-3-5-21(28)6-4-19/h3-6,8-9,13-14,16-18,22H,2,7,10-12,15H2,1H3. The Morgan fingerprint density at radius 3 is 2.66 bits per heavy atom. The van der Waals surface area contributed by atoms with E-state index >= 15 is 0 Å². The van der Waals surface area contributed by atoms with Gasteiger partial charge in [-0.05, 0) is 61.1 Å². The molecule has 2 aromatic carbocycles. The molecule has 7 nitrogen and oxygen atoms in total. The Balaban J connectivity index is 1.23. The van der Waals surface area contributed by atoms with E-state index in [-0.39, 0.29) is 5.56 Å². The zero-order valence-corrected chi connectivity index (χ0v) is 20.3. The lowest BCUT2D eigenvalue weighted by atomic mass is 10.1. The molecular weight excluding hydrogens is 464 g/mol. The predicted molar refractivity (Wildman–Crippen MR) is 136 cm³/mol. The van der Waals surface area contributed by atoms with Gasteiger partial charge < -0.3 is 9.47 Å². The molecule has 2 aliphatic rings. The van der Waals surface area contributed by atoms with Gasteiger partial charge in [-0.15, -0.1) is 0 Å². The number of hydrogen-bond donors (Lipinski definition) is 0. The van der Waals surface area contributed by atoms with Gasteiger partial charge in [0.05, 0.1) is 12.8 Å². The molecule has 3 heterocycles. The third-order valence-corrected chi connectivity index (χ3v) is 7.54. The Labute approximate surface area is 208 Å². The van der Waals surface area contributed by atoms with E-state index in [9.17, 15) is 4.79 Å². The van der Waals surface area contributed by atoms with Crippen molar-refractivity contribution < 1.29 is 9.47 Å². The lowest BCUT2D eigenvalue weighted by Crippen LogP contribution is -2.35. The van der Waals surface area contributed by atoms with Crippen LogP contribution < -0.4 is 15.0 Å². The number of nitrogens with zero attached hydrogens (tertiary/aromatic N) is 4. The second-order valence-electron chi connectivity index (χ2n) is 9.38. The zero-order valence-electron chi connectivity index (χ0n) is 19.6. The fraction of sp³-hybridized carbons (Fsp3) is 0.333. The first-order chi connectivity index (χ1) is 17.1. The Bertz CT molecular complexity index is 1430. The summed E-state index contributed by atoms with van der Waals surface area (Å²) in [6.45, 7) is 2.74. The van der Waals surface area contributed by atoms with Gasteiger partial charge in [-0.3, -0.25) is 14.3 Å². The summed E-state index contributed by atoms with van der Waals surface area (Å²) in [5.74, 6) is 2.14. The molecule has 180 valence electrons. The van der Waals surface area contributed by atoms with E-state index in [0.717, 1.165) is 29.6 Å². The Morgan fingerprint density at radius 2 is 1.91 bits per heavy atom. The summed E-state index contributed by atoms with van der Waals surface area (Å²) in [6, 6.07) is 15.6. The van der Waals surface area contributed by atoms with E-state index < -0.39 is 0 Å². The van der Waals surface area contributed by atoms with Crippen molar-refractivity contribution in [3.8, 4) is 28.3 Å². The highest BCUT2D eigenvalue weighted by Crippen LogP contribution is 2.37. The first kappa shape index (κ1) is 22.2. The number of likely N-dealkylation sites (tertiary alicyclic amines) is 1. The Kier molecular flexibility index (Phi) is 5.74. The van der Waals surface area contributed by atoms with Crippen LogP contribution >= 0.6 is 11.6 Å². The number of methoxy groups -OCH3 is 1. The van der Waals surface area contributed by atoms with Crippen LogP contribution in [0.25, 0.3) is 22.3 Å². The van der Waals surface area contributed by atoms with Gasteiger partial charge in [0.25, 0.3) is 5.56 Å². The number of ether oxygens (including phenoxy) is 2. The summed E-state index contributed by atoms with van der Waals surface area (Å²) in [5.41, 5.74) is 2.85. The molecule has 0 N–H and O–H groups in total. The molecule has 1 aliphatic heterocycles. The number of benzene rings is 2. The van der Waals surface area contributed by atoms with Crippen LogP contribution in [0.15, 0.2) is 65.8 Å². The molecule has 8 heteroatoms. The van der Waals surface area contributed by atoms with Crippen LogP contribution in [0, 0.1) is 5.92 Å². The van der Waals surface area contributed by atoms with Crippen molar-refractivity contribution in [3.63, 3.8) is 0 Å². The third-order valence-electron chi connectivity index (χ3n) is 7.29. The van der Waals surface area contributed by atoms with E-state index in [1.807, 2.05) is 54.7 Å². The molecule has 4 aromatic rings. The van der Waals surface area contributed by atoms with Crippen LogP contribution in [-0.4, -0.2) is 51.9 Å². The van der Waals surface area contributed by atoms with E-state index in [2.05, 4.69) is 10.00 Å². The average Bonchev–Trinajstić information content (AvgIpc) is 3.61. The fourth-order valence-corrected chi connectivity index (χ4v) is 5.60. The molecule has 1 aliphatic carbocycles. The van der Waals surface area contributed by atoms with E-state index in [0.29, 0.717) is 34.3 Å². The molecule has 2 unspecified atom stereocenters. The van der Waals surface area contributed by atoms with E-state index in [1.54, 1.807) is 11.6 Å². The van der Waals surface area contributed by atoms with Crippen molar-refractivity contribution in [2.24, 2.45) is 5.92 Å². The molecular formula is C27H27ClN4O3. The molecule has 6 rings (SSSR count). The minimum atomic E-state index is -0.167. The van der Waals surface area contributed by atoms with E-state index in [4.69, 9.17) is 21.1 Å². The van der Waals surface area contributed by atoms with Gasteiger partial charge in [-0.1, -0.05) is 23.7 Å². The monoisotopic (exact) mass is 490 g/mol. The maximum atomic E-state index is 13.3. The second-order valence-corrected chi connectivity index (χ2v) is 9.82. The van der Waals surface area contributed by atoms with Crippen molar-refractivity contribution in [1.29, 1.82) is 0 Å². The van der Waals surface area contributed by atoms with Crippen molar-refractivity contribution >= 4 is 17.1 Å². The SMILES string of the molecule is COc1cc(-n2cnn3cc(-c4ccc(Cl)cc4)cc3c2=O)ccc1OCCN1CC2CCC1C2. The maximum Gasteiger partial charge on any atom is 0.282 e. The molecule has 0 amide bonds. The maximum absolute atomic E-state index is 13.3. The van der Waals surface area contributed by atoms with Crippen molar-refractivity contribution in [2.45, 2.75) is 25.3 Å². The minimum absolute atomic E-state index is 0.167. The summed E-state index contributed by atoms with van der Waals surface area (Å²) in [6.07, 6.45) is 7.41. The van der Waals surface area contributed by atoms with Crippen molar-refractivity contribution in [1.82, 2.24) is 19.1 Å². The summed E-state index contributed by atoms with van der Waals surface area (Å²) >= 11 is 6.01. The van der Waals surface area contributed by atoms with Crippen molar-refractivity contribution in [3.05, 3.63) is 76.4 Å². The molecule has 0 spiro atoms. The Morgan fingerprint density at radius 1 is 1.06 bits per heavy atom. The quantitative estimate of drug-likeness (QED) is 0.376. The van der Waals surface area contributed by atoms with Gasteiger partial charge in [-0.2, -0.15) is 5.10 Å². The van der Waals surface area contributed by atoms with Gasteiger partial charge in [0.1, 0.15) is 18.5 Å². The van der Waals surface area contributed by atoms with Crippen LogP contribution in [0.3, 0.4) is 0 Å². The first-order valence-corrected chi connectivity index (χ1v) is 12.4. The Hall–Kier alpha value is -3.29. The van der Waals surface area contributed by atoms with Crippen LogP contribution in [0.2, 0.25) is 5.02 Å². The molecule has 2 fully saturated rings. The minimum Gasteiger partial charge on any atom is -0.493 e. The fourth-order valence-electron chi connectivity index (χ4n) is 5.47. The number of piperidine rings is 1. The highest BCUT2D eigenvalue weighted by molar-refractivity contribution is 6.30. The lowest BCUT2D eigenvalue weighted by molar-refractivity contribution is 0.170. The topological polar surface area (TPSA) is 61.0 Å². The molecule has 1 saturated carbocycles. The number of fused-ring (bicyclic) bond motifs is 3. The number of rotatable bonds is 7. The molecule has 2 atom stereocenters. The second kappa shape index (κ2) is 9.06. The smallest absolute Gasteiger partial charge is 0.282 e.